The van der Waals surface area contributed by atoms with Crippen LogP contribution in [0.4, 0.5) is 5.69 Å². The van der Waals surface area contributed by atoms with Crippen molar-refractivity contribution in [2.75, 3.05) is 5.73 Å². The second kappa shape index (κ2) is 5.76. The summed E-state index contributed by atoms with van der Waals surface area (Å²) in [4.78, 5) is 4.21. The Labute approximate surface area is 149 Å². The molecule has 4 unspecified atom stereocenters. The van der Waals surface area contributed by atoms with Crippen LogP contribution in [0.15, 0.2) is 42.6 Å². The summed E-state index contributed by atoms with van der Waals surface area (Å²) in [6.07, 6.45) is 11.7. The molecule has 1 aromatic heterocycles. The fourth-order valence-corrected chi connectivity index (χ4v) is 5.87. The average molecular weight is 334 g/mol. The highest BCUT2D eigenvalue weighted by molar-refractivity contribution is 5.39. The van der Waals surface area contributed by atoms with Crippen LogP contribution >= 0.6 is 0 Å². The van der Waals surface area contributed by atoms with Gasteiger partial charge in [-0.05, 0) is 85.5 Å². The number of fused-ring (bicyclic) bond motifs is 2. The van der Waals surface area contributed by atoms with Crippen LogP contribution in [0.1, 0.15) is 50.5 Å². The van der Waals surface area contributed by atoms with Gasteiger partial charge >= 0.3 is 0 Å². The van der Waals surface area contributed by atoms with Gasteiger partial charge in [0, 0.05) is 6.07 Å². The van der Waals surface area contributed by atoms with Crippen molar-refractivity contribution in [3.63, 3.8) is 0 Å². The second-order valence-corrected chi connectivity index (χ2v) is 8.48. The zero-order chi connectivity index (χ0) is 16.9. The summed E-state index contributed by atoms with van der Waals surface area (Å²) in [6, 6.07) is 12.4. The molecule has 3 heteroatoms. The lowest BCUT2D eigenvalue weighted by molar-refractivity contribution is 0.00962. The largest absolute Gasteiger partial charge is 0.439 e. The molecule has 0 saturated heterocycles. The van der Waals surface area contributed by atoms with E-state index in [0.717, 1.165) is 23.5 Å². The third kappa shape index (κ3) is 2.70. The first-order valence-corrected chi connectivity index (χ1v) is 9.70. The minimum Gasteiger partial charge on any atom is -0.439 e. The van der Waals surface area contributed by atoms with Gasteiger partial charge in [-0.1, -0.05) is 18.6 Å². The number of nitrogens with two attached hydrogens (primary N) is 1. The molecule has 3 nitrogen and oxygen atoms in total. The summed E-state index contributed by atoms with van der Waals surface area (Å²) < 4.78 is 5.86. The highest BCUT2D eigenvalue weighted by Crippen LogP contribution is 2.59. The first-order valence-electron chi connectivity index (χ1n) is 9.70. The molecule has 130 valence electrons. The topological polar surface area (TPSA) is 48.1 Å². The molecule has 1 aromatic carbocycles. The Morgan fingerprint density at radius 2 is 1.84 bits per heavy atom. The predicted octanol–water partition coefficient (Wildman–Crippen LogP) is 5.31. The van der Waals surface area contributed by atoms with E-state index in [4.69, 9.17) is 10.5 Å². The van der Waals surface area contributed by atoms with Crippen molar-refractivity contribution in [1.29, 1.82) is 0 Å². The first-order chi connectivity index (χ1) is 12.2. The fourth-order valence-electron chi connectivity index (χ4n) is 5.87. The van der Waals surface area contributed by atoms with Gasteiger partial charge in [0.05, 0.1) is 11.9 Å². The maximum absolute atomic E-state index is 5.86. The number of anilines is 1. The molecule has 0 aliphatic heterocycles. The second-order valence-electron chi connectivity index (χ2n) is 8.48. The van der Waals surface area contributed by atoms with Crippen molar-refractivity contribution in [3.05, 3.63) is 48.2 Å². The van der Waals surface area contributed by atoms with Crippen molar-refractivity contribution in [2.24, 2.45) is 17.8 Å². The zero-order valence-electron chi connectivity index (χ0n) is 14.7. The summed E-state index contributed by atoms with van der Waals surface area (Å²) in [5.74, 6) is 4.40. The third-order valence-electron chi connectivity index (χ3n) is 7.02. The summed E-state index contributed by atoms with van der Waals surface area (Å²) in [6.45, 7) is 0. The van der Waals surface area contributed by atoms with E-state index >= 15 is 0 Å². The van der Waals surface area contributed by atoms with Crippen LogP contribution in [0, 0.1) is 17.8 Å². The van der Waals surface area contributed by atoms with Crippen LogP contribution in [-0.2, 0) is 5.41 Å². The van der Waals surface area contributed by atoms with E-state index in [2.05, 4.69) is 29.2 Å². The Kier molecular flexibility index (Phi) is 3.51. The molecule has 5 rings (SSSR count). The number of hydrogen-bond acceptors (Lipinski definition) is 3. The Hall–Kier alpha value is -2.03. The van der Waals surface area contributed by atoms with Crippen LogP contribution < -0.4 is 10.5 Å². The molecule has 1 heterocycles. The monoisotopic (exact) mass is 334 g/mol. The van der Waals surface area contributed by atoms with Crippen molar-refractivity contribution in [3.8, 4) is 11.6 Å². The Morgan fingerprint density at radius 1 is 0.960 bits per heavy atom. The minimum absolute atomic E-state index is 0.433. The number of hydrogen-bond donors (Lipinski definition) is 1. The molecule has 0 amide bonds. The van der Waals surface area contributed by atoms with Gasteiger partial charge < -0.3 is 10.5 Å². The Morgan fingerprint density at radius 3 is 2.64 bits per heavy atom. The fraction of sp³-hybridized carbons (Fsp3) is 0.500. The molecule has 2 N–H and O–H groups in total. The number of pyridine rings is 1. The Bertz CT molecular complexity index is 751. The van der Waals surface area contributed by atoms with Crippen LogP contribution in [0.25, 0.3) is 0 Å². The number of ether oxygens (including phenoxy) is 1. The predicted molar refractivity (Wildman–Crippen MR) is 99.6 cm³/mol. The molecular formula is C22H26N2O. The van der Waals surface area contributed by atoms with E-state index in [1.54, 1.807) is 6.20 Å². The summed E-state index contributed by atoms with van der Waals surface area (Å²) in [5, 5.41) is 0. The summed E-state index contributed by atoms with van der Waals surface area (Å²) in [7, 11) is 0. The zero-order valence-corrected chi connectivity index (χ0v) is 14.7. The molecule has 0 radical (unpaired) electrons. The van der Waals surface area contributed by atoms with Crippen molar-refractivity contribution < 1.29 is 4.74 Å². The molecule has 3 saturated carbocycles. The summed E-state index contributed by atoms with van der Waals surface area (Å²) >= 11 is 0. The van der Waals surface area contributed by atoms with E-state index in [1.807, 2.05) is 12.1 Å². The molecule has 4 atom stereocenters. The number of aromatic nitrogens is 1. The van der Waals surface area contributed by atoms with Crippen LogP contribution in [-0.4, -0.2) is 4.98 Å². The molecular weight excluding hydrogens is 308 g/mol. The van der Waals surface area contributed by atoms with E-state index in [9.17, 15) is 0 Å². The molecule has 3 aliphatic carbocycles. The quantitative estimate of drug-likeness (QED) is 0.827. The van der Waals surface area contributed by atoms with Gasteiger partial charge in [0.25, 0.3) is 0 Å². The van der Waals surface area contributed by atoms with E-state index in [-0.39, 0.29) is 0 Å². The maximum atomic E-state index is 5.86. The van der Waals surface area contributed by atoms with Gasteiger partial charge in [-0.2, -0.15) is 0 Å². The van der Waals surface area contributed by atoms with Gasteiger partial charge in [-0.3, -0.25) is 0 Å². The lowest BCUT2D eigenvalue weighted by atomic mass is 9.50. The van der Waals surface area contributed by atoms with Crippen molar-refractivity contribution >= 4 is 5.69 Å². The van der Waals surface area contributed by atoms with E-state index in [1.165, 1.54) is 50.5 Å². The lowest BCUT2D eigenvalue weighted by Crippen LogP contribution is -2.46. The van der Waals surface area contributed by atoms with E-state index in [0.29, 0.717) is 17.0 Å². The molecule has 3 bridgehead atoms. The van der Waals surface area contributed by atoms with Gasteiger partial charge in [-0.15, -0.1) is 0 Å². The smallest absolute Gasteiger partial charge is 0.219 e. The molecule has 25 heavy (non-hydrogen) atoms. The van der Waals surface area contributed by atoms with Crippen LogP contribution in [0.3, 0.4) is 0 Å². The molecule has 0 spiro atoms. The minimum atomic E-state index is 0.433. The van der Waals surface area contributed by atoms with Gasteiger partial charge in [0.1, 0.15) is 5.75 Å². The first kappa shape index (κ1) is 15.2. The van der Waals surface area contributed by atoms with Gasteiger partial charge in [0.15, 0.2) is 0 Å². The van der Waals surface area contributed by atoms with Gasteiger partial charge in [-0.25, -0.2) is 4.98 Å². The van der Waals surface area contributed by atoms with Crippen LogP contribution in [0.2, 0.25) is 0 Å². The molecule has 3 aliphatic rings. The molecule has 3 fully saturated rings. The SMILES string of the molecule is Nc1ccc(Oc2ccc(C34CCC5CCC(CC5C3)C4)cc2)nc1. The number of nitrogen functional groups attached to an aromatic ring is 1. The highest BCUT2D eigenvalue weighted by Gasteiger charge is 2.49. The normalized spacial score (nSPS) is 33.2. The molecule has 2 aromatic rings. The van der Waals surface area contributed by atoms with E-state index < -0.39 is 0 Å². The number of nitrogens with zero attached hydrogens (tertiary/aromatic N) is 1. The van der Waals surface area contributed by atoms with Crippen molar-refractivity contribution in [1.82, 2.24) is 4.98 Å². The lowest BCUT2D eigenvalue weighted by Gasteiger charge is -2.55. The number of rotatable bonds is 3. The average Bonchev–Trinajstić information content (AvgIpc) is 2.63. The van der Waals surface area contributed by atoms with Crippen molar-refractivity contribution in [2.45, 2.75) is 50.4 Å². The summed E-state index contributed by atoms with van der Waals surface area (Å²) in [5.41, 5.74) is 8.29. The highest BCUT2D eigenvalue weighted by atomic mass is 16.5. The maximum Gasteiger partial charge on any atom is 0.219 e. The van der Waals surface area contributed by atoms with Gasteiger partial charge in [0.2, 0.25) is 5.88 Å². The number of benzene rings is 1. The standard InChI is InChI=1S/C22H26N2O/c23-19-5-8-21(24-14-19)25-20-6-3-18(4-7-20)22-10-9-16-2-1-15(12-22)11-17(16)13-22/h3-8,14-17H,1-2,9-13,23H2. The third-order valence-corrected chi connectivity index (χ3v) is 7.02. The van der Waals surface area contributed by atoms with Crippen LogP contribution in [0.5, 0.6) is 11.6 Å². The Balaban J connectivity index is 1.37.